The van der Waals surface area contributed by atoms with E-state index in [9.17, 15) is 26.7 Å². The molecule has 33 heavy (non-hydrogen) atoms. The lowest BCUT2D eigenvalue weighted by Gasteiger charge is -2.33. The van der Waals surface area contributed by atoms with Crippen molar-refractivity contribution >= 4 is 22.9 Å². The van der Waals surface area contributed by atoms with Crippen LogP contribution in [0.15, 0.2) is 54.7 Å². The van der Waals surface area contributed by atoms with Crippen LogP contribution < -0.4 is 4.31 Å². The molecule has 0 amide bonds. The molecule has 174 valence electrons. The maximum Gasteiger partial charge on any atom is 0.417 e. The third-order valence-electron chi connectivity index (χ3n) is 5.63. The number of nitrogens with zero attached hydrogens (tertiary/aromatic N) is 3. The predicted octanol–water partition coefficient (Wildman–Crippen LogP) is 4.67. The van der Waals surface area contributed by atoms with Crippen LogP contribution in [-0.2, 0) is 35.2 Å². The summed E-state index contributed by atoms with van der Waals surface area (Å²) in [6, 6.07) is 10.7. The first-order chi connectivity index (χ1) is 15.7. The fraction of sp³-hybridized carbons (Fsp3) is 0.273. The highest BCUT2D eigenvalue weighted by Gasteiger charge is 2.34. The Bertz CT molecular complexity index is 1190. The first-order valence-corrected chi connectivity index (χ1v) is 11.2. The Labute approximate surface area is 189 Å². The smallest absolute Gasteiger partial charge is 0.417 e. The van der Waals surface area contributed by atoms with E-state index in [1.807, 2.05) is 0 Å². The van der Waals surface area contributed by atoms with Crippen molar-refractivity contribution < 1.29 is 31.8 Å². The second kappa shape index (κ2) is 8.99. The molecule has 1 aliphatic rings. The molecule has 0 spiro atoms. The fourth-order valence-corrected chi connectivity index (χ4v) is 4.99. The minimum absolute atomic E-state index is 0.0168. The Hall–Kier alpha value is -3.18. The molecule has 1 aliphatic carbocycles. The third-order valence-corrected chi connectivity index (χ3v) is 6.43. The lowest BCUT2D eigenvalue weighted by atomic mass is 9.92. The van der Waals surface area contributed by atoms with Crippen LogP contribution in [0.2, 0.25) is 0 Å². The minimum atomic E-state index is -4.51. The molecule has 0 saturated carbocycles. The molecule has 0 bridgehead atoms. The van der Waals surface area contributed by atoms with E-state index in [4.69, 9.17) is 5.11 Å². The van der Waals surface area contributed by atoms with Gasteiger partial charge in [-0.2, -0.15) is 18.3 Å². The predicted molar refractivity (Wildman–Crippen MR) is 116 cm³/mol. The standard InChI is InChI=1S/C22H20F3N3O4S/c23-22(24,25)18-5-2-1-4-16(18)14-8-10-15(11-9-14)28(33(31)32)20-7-3-6-19-17(20)12-26-27(19)13-21(29)30/h1-2,4-5,8-12,20H,3,6-7,13H2,(H,29,30)(H,31,32). The molecular weight excluding hydrogens is 459 g/mol. The van der Waals surface area contributed by atoms with Crippen LogP contribution in [0.25, 0.3) is 11.1 Å². The molecule has 1 heterocycles. The number of rotatable bonds is 6. The fourth-order valence-electron chi connectivity index (χ4n) is 4.25. The van der Waals surface area contributed by atoms with E-state index in [1.165, 1.54) is 57.6 Å². The van der Waals surface area contributed by atoms with Gasteiger partial charge in [0.2, 0.25) is 0 Å². The summed E-state index contributed by atoms with van der Waals surface area (Å²) in [5, 5.41) is 13.2. The molecule has 2 N–H and O–H groups in total. The number of hydrogen-bond acceptors (Lipinski definition) is 3. The number of anilines is 1. The second-order valence-corrected chi connectivity index (χ2v) is 8.51. The van der Waals surface area contributed by atoms with Gasteiger partial charge in [-0.1, -0.05) is 30.3 Å². The van der Waals surface area contributed by atoms with Gasteiger partial charge in [-0.25, -0.2) is 4.21 Å². The van der Waals surface area contributed by atoms with Crippen LogP contribution in [0.1, 0.15) is 35.7 Å². The van der Waals surface area contributed by atoms with E-state index >= 15 is 0 Å². The number of fused-ring (bicyclic) bond motifs is 1. The summed E-state index contributed by atoms with van der Waals surface area (Å²) in [5.41, 5.74) is 1.30. The number of carbonyl (C=O) groups is 1. The Kier molecular flexibility index (Phi) is 6.26. The van der Waals surface area contributed by atoms with E-state index in [2.05, 4.69) is 5.10 Å². The molecular formula is C22H20F3N3O4S. The van der Waals surface area contributed by atoms with Gasteiger partial charge < -0.3 is 5.11 Å². The molecule has 2 aromatic carbocycles. The van der Waals surface area contributed by atoms with Crippen LogP contribution in [0, 0.1) is 0 Å². The number of halogens is 3. The van der Waals surface area contributed by atoms with E-state index in [0.717, 1.165) is 6.07 Å². The average molecular weight is 479 g/mol. The summed E-state index contributed by atoms with van der Waals surface area (Å²) in [5.74, 6) is -1.04. The first kappa shape index (κ1) is 23.0. The molecule has 7 nitrogen and oxygen atoms in total. The van der Waals surface area contributed by atoms with Gasteiger partial charge in [0.1, 0.15) is 6.54 Å². The van der Waals surface area contributed by atoms with Crippen LogP contribution >= 0.6 is 0 Å². The third kappa shape index (κ3) is 4.64. The summed E-state index contributed by atoms with van der Waals surface area (Å²) < 4.78 is 65.2. The largest absolute Gasteiger partial charge is 0.480 e. The zero-order valence-electron chi connectivity index (χ0n) is 17.2. The van der Waals surface area contributed by atoms with Gasteiger partial charge >= 0.3 is 12.1 Å². The highest BCUT2D eigenvalue weighted by molar-refractivity contribution is 7.80. The monoisotopic (exact) mass is 479 g/mol. The number of carboxylic acids is 1. The van der Waals surface area contributed by atoms with E-state index in [0.29, 0.717) is 41.8 Å². The zero-order chi connectivity index (χ0) is 23.8. The second-order valence-electron chi connectivity index (χ2n) is 7.65. The lowest BCUT2D eigenvalue weighted by Crippen LogP contribution is -2.33. The summed E-state index contributed by atoms with van der Waals surface area (Å²) in [6.07, 6.45) is -1.21. The van der Waals surface area contributed by atoms with Gasteiger partial charge in [0.15, 0.2) is 0 Å². The van der Waals surface area contributed by atoms with E-state index in [1.54, 1.807) is 0 Å². The van der Waals surface area contributed by atoms with Crippen molar-refractivity contribution in [3.05, 3.63) is 71.5 Å². The molecule has 1 aromatic heterocycles. The van der Waals surface area contributed by atoms with Gasteiger partial charge in [0, 0.05) is 11.3 Å². The first-order valence-electron chi connectivity index (χ1n) is 10.1. The van der Waals surface area contributed by atoms with Gasteiger partial charge in [-0.05, 0) is 48.6 Å². The van der Waals surface area contributed by atoms with Crippen molar-refractivity contribution in [2.75, 3.05) is 4.31 Å². The van der Waals surface area contributed by atoms with Gasteiger partial charge in [0.25, 0.3) is 11.3 Å². The summed E-state index contributed by atoms with van der Waals surface area (Å²) >= 11 is -2.43. The van der Waals surface area contributed by atoms with Crippen LogP contribution in [0.4, 0.5) is 18.9 Å². The quantitative estimate of drug-likeness (QED) is 0.501. The Morgan fingerprint density at radius 2 is 1.88 bits per heavy atom. The van der Waals surface area contributed by atoms with Gasteiger partial charge in [-0.15, -0.1) is 0 Å². The molecule has 2 unspecified atom stereocenters. The number of alkyl halides is 3. The number of carboxylic acid groups (broad SMARTS) is 1. The summed E-state index contributed by atoms with van der Waals surface area (Å²) in [4.78, 5) is 11.1. The average Bonchev–Trinajstić information content (AvgIpc) is 3.17. The van der Waals surface area contributed by atoms with Crippen molar-refractivity contribution in [3.8, 4) is 11.1 Å². The molecule has 0 aliphatic heterocycles. The van der Waals surface area contributed by atoms with Crippen molar-refractivity contribution in [1.29, 1.82) is 0 Å². The number of hydrogen-bond donors (Lipinski definition) is 2. The highest BCUT2D eigenvalue weighted by Crippen LogP contribution is 2.40. The molecule has 4 rings (SSSR count). The van der Waals surface area contributed by atoms with Crippen molar-refractivity contribution in [2.45, 2.75) is 38.0 Å². The molecule has 3 aromatic rings. The summed E-state index contributed by atoms with van der Waals surface area (Å²) in [6.45, 7) is -0.308. The molecule has 0 saturated heterocycles. The van der Waals surface area contributed by atoms with Crippen LogP contribution in [-0.4, -0.2) is 29.6 Å². The van der Waals surface area contributed by atoms with Gasteiger partial charge in [-0.3, -0.25) is 18.3 Å². The Morgan fingerprint density at radius 1 is 1.18 bits per heavy atom. The minimum Gasteiger partial charge on any atom is -0.480 e. The topological polar surface area (TPSA) is 95.7 Å². The normalized spacial score (nSPS) is 16.8. The maximum absolute atomic E-state index is 13.4. The number of aliphatic carboxylic acids is 1. The van der Waals surface area contributed by atoms with E-state index < -0.39 is 35.0 Å². The SMILES string of the molecule is O=C(O)Cn1ncc2c1CCCC2N(c1ccc(-c2ccccc2C(F)(F)F)cc1)S(=O)O. The van der Waals surface area contributed by atoms with Crippen LogP contribution in [0.3, 0.4) is 0 Å². The molecule has 0 fully saturated rings. The van der Waals surface area contributed by atoms with Crippen molar-refractivity contribution in [1.82, 2.24) is 9.78 Å². The summed E-state index contributed by atoms with van der Waals surface area (Å²) in [7, 11) is 0. The van der Waals surface area contributed by atoms with E-state index in [-0.39, 0.29) is 12.1 Å². The Morgan fingerprint density at radius 3 is 2.52 bits per heavy atom. The lowest BCUT2D eigenvalue weighted by molar-refractivity contribution is -0.138. The Balaban J connectivity index is 1.69. The molecule has 2 atom stereocenters. The number of benzene rings is 2. The molecule has 11 heteroatoms. The van der Waals surface area contributed by atoms with Crippen molar-refractivity contribution in [2.24, 2.45) is 0 Å². The highest BCUT2D eigenvalue weighted by atomic mass is 32.2. The van der Waals surface area contributed by atoms with Crippen molar-refractivity contribution in [3.63, 3.8) is 0 Å². The zero-order valence-corrected chi connectivity index (χ0v) is 18.0. The molecule has 0 radical (unpaired) electrons. The van der Waals surface area contributed by atoms with Gasteiger partial charge in [0.05, 0.1) is 23.5 Å². The maximum atomic E-state index is 13.4. The van der Waals surface area contributed by atoms with Crippen LogP contribution in [0.5, 0.6) is 0 Å². The number of aromatic nitrogens is 2.